The molecule has 110 valence electrons. The maximum atomic E-state index is 11.8. The van der Waals surface area contributed by atoms with Crippen molar-refractivity contribution < 1.29 is 14.7 Å². The standard InChI is InChI=1S/C14H15N3O3S/c1-8-5-10(13(18)19)3-4-12(8)17-14(20)16-7-11-6-15-9(2)21-11/h3-6H,7H2,1-2H3,(H,18,19)(H2,16,17,20). The van der Waals surface area contributed by atoms with E-state index in [9.17, 15) is 9.59 Å². The molecule has 0 aliphatic rings. The van der Waals surface area contributed by atoms with Crippen molar-refractivity contribution >= 4 is 29.0 Å². The van der Waals surface area contributed by atoms with Gasteiger partial charge in [0.1, 0.15) is 0 Å². The Morgan fingerprint density at radius 2 is 2.10 bits per heavy atom. The molecule has 0 radical (unpaired) electrons. The lowest BCUT2D eigenvalue weighted by molar-refractivity contribution is 0.0697. The van der Waals surface area contributed by atoms with Gasteiger partial charge in [-0.3, -0.25) is 0 Å². The Labute approximate surface area is 125 Å². The fourth-order valence-electron chi connectivity index (χ4n) is 1.76. The number of aryl methyl sites for hydroxylation is 2. The molecule has 0 saturated carbocycles. The molecule has 1 aromatic heterocycles. The Morgan fingerprint density at radius 3 is 2.67 bits per heavy atom. The summed E-state index contributed by atoms with van der Waals surface area (Å²) in [6, 6.07) is 4.21. The average Bonchev–Trinajstić information content (AvgIpc) is 2.84. The number of amides is 2. The molecule has 3 N–H and O–H groups in total. The zero-order valence-electron chi connectivity index (χ0n) is 11.6. The third-order valence-corrected chi connectivity index (χ3v) is 3.73. The van der Waals surface area contributed by atoms with Crippen molar-refractivity contribution in [1.29, 1.82) is 0 Å². The molecule has 0 fully saturated rings. The molecule has 0 aliphatic heterocycles. The number of carboxylic acid groups (broad SMARTS) is 1. The molecule has 0 spiro atoms. The second-order valence-electron chi connectivity index (χ2n) is 4.49. The lowest BCUT2D eigenvalue weighted by atomic mass is 10.1. The fraction of sp³-hybridized carbons (Fsp3) is 0.214. The van der Waals surface area contributed by atoms with Crippen LogP contribution in [0.3, 0.4) is 0 Å². The molecular weight excluding hydrogens is 290 g/mol. The van der Waals surface area contributed by atoms with Crippen molar-refractivity contribution in [3.8, 4) is 0 Å². The van der Waals surface area contributed by atoms with Crippen LogP contribution in [0.25, 0.3) is 0 Å². The van der Waals surface area contributed by atoms with E-state index >= 15 is 0 Å². The number of thiazole rings is 1. The Morgan fingerprint density at radius 1 is 1.33 bits per heavy atom. The molecule has 0 unspecified atom stereocenters. The SMILES string of the molecule is Cc1ncc(CNC(=O)Nc2ccc(C(=O)O)cc2C)s1. The maximum Gasteiger partial charge on any atom is 0.335 e. The predicted octanol–water partition coefficient (Wildman–Crippen LogP) is 2.78. The van der Waals surface area contributed by atoms with Crippen molar-refractivity contribution in [2.75, 3.05) is 5.32 Å². The van der Waals surface area contributed by atoms with Gasteiger partial charge in [0.2, 0.25) is 0 Å². The number of hydrogen-bond acceptors (Lipinski definition) is 4. The van der Waals surface area contributed by atoms with Crippen LogP contribution in [0.15, 0.2) is 24.4 Å². The Bertz CT molecular complexity index is 682. The van der Waals surface area contributed by atoms with E-state index in [2.05, 4.69) is 15.6 Å². The summed E-state index contributed by atoms with van der Waals surface area (Å²) >= 11 is 1.53. The summed E-state index contributed by atoms with van der Waals surface area (Å²) in [7, 11) is 0. The second kappa shape index (κ2) is 6.36. The van der Waals surface area contributed by atoms with Crippen LogP contribution in [0.4, 0.5) is 10.5 Å². The van der Waals surface area contributed by atoms with Crippen molar-refractivity contribution in [2.45, 2.75) is 20.4 Å². The molecule has 2 rings (SSSR count). The van der Waals surface area contributed by atoms with E-state index in [1.807, 2.05) is 6.92 Å². The average molecular weight is 305 g/mol. The van der Waals surface area contributed by atoms with Crippen LogP contribution in [0.5, 0.6) is 0 Å². The van der Waals surface area contributed by atoms with E-state index in [0.717, 1.165) is 9.88 Å². The number of rotatable bonds is 4. The highest BCUT2D eigenvalue weighted by molar-refractivity contribution is 7.11. The highest BCUT2D eigenvalue weighted by Crippen LogP contribution is 2.16. The summed E-state index contributed by atoms with van der Waals surface area (Å²) in [6.07, 6.45) is 1.73. The first-order valence-electron chi connectivity index (χ1n) is 6.26. The smallest absolute Gasteiger partial charge is 0.335 e. The van der Waals surface area contributed by atoms with Crippen LogP contribution in [0.2, 0.25) is 0 Å². The van der Waals surface area contributed by atoms with Gasteiger partial charge in [0.15, 0.2) is 0 Å². The number of aromatic nitrogens is 1. The van der Waals surface area contributed by atoms with Gasteiger partial charge in [0, 0.05) is 16.8 Å². The van der Waals surface area contributed by atoms with Gasteiger partial charge in [-0.15, -0.1) is 11.3 Å². The summed E-state index contributed by atoms with van der Waals surface area (Å²) in [5, 5.41) is 15.3. The van der Waals surface area contributed by atoms with E-state index in [1.165, 1.54) is 23.5 Å². The van der Waals surface area contributed by atoms with Crippen molar-refractivity contribution in [2.24, 2.45) is 0 Å². The number of nitrogens with one attached hydrogen (secondary N) is 2. The third kappa shape index (κ3) is 4.03. The van der Waals surface area contributed by atoms with E-state index in [1.54, 1.807) is 19.2 Å². The molecule has 6 nitrogen and oxygen atoms in total. The van der Waals surface area contributed by atoms with Crippen LogP contribution in [-0.2, 0) is 6.54 Å². The lowest BCUT2D eigenvalue weighted by Gasteiger charge is -2.09. The van der Waals surface area contributed by atoms with Crippen LogP contribution < -0.4 is 10.6 Å². The normalized spacial score (nSPS) is 10.2. The summed E-state index contributed by atoms with van der Waals surface area (Å²) < 4.78 is 0. The van der Waals surface area contributed by atoms with Crippen LogP contribution >= 0.6 is 11.3 Å². The van der Waals surface area contributed by atoms with Gasteiger partial charge in [-0.25, -0.2) is 14.6 Å². The molecule has 0 saturated heterocycles. The maximum absolute atomic E-state index is 11.8. The summed E-state index contributed by atoms with van der Waals surface area (Å²) in [6.45, 7) is 4.06. The lowest BCUT2D eigenvalue weighted by Crippen LogP contribution is -2.28. The van der Waals surface area contributed by atoms with Gasteiger partial charge >= 0.3 is 12.0 Å². The quantitative estimate of drug-likeness (QED) is 0.810. The first kappa shape index (κ1) is 15.0. The number of benzene rings is 1. The Balaban J connectivity index is 1.94. The molecule has 0 bridgehead atoms. The number of hydrogen-bond donors (Lipinski definition) is 3. The van der Waals surface area contributed by atoms with Gasteiger partial charge in [-0.1, -0.05) is 0 Å². The number of carboxylic acids is 1. The van der Waals surface area contributed by atoms with Crippen LogP contribution in [-0.4, -0.2) is 22.1 Å². The molecule has 2 amide bonds. The Hall–Kier alpha value is -2.41. The van der Waals surface area contributed by atoms with Gasteiger partial charge in [-0.05, 0) is 37.6 Å². The van der Waals surface area contributed by atoms with Gasteiger partial charge in [0.25, 0.3) is 0 Å². The first-order valence-corrected chi connectivity index (χ1v) is 7.07. The van der Waals surface area contributed by atoms with Crippen molar-refractivity contribution in [3.63, 3.8) is 0 Å². The topological polar surface area (TPSA) is 91.3 Å². The number of anilines is 1. The number of urea groups is 1. The van der Waals surface area contributed by atoms with Crippen molar-refractivity contribution in [1.82, 2.24) is 10.3 Å². The van der Waals surface area contributed by atoms with Crippen LogP contribution in [0, 0.1) is 13.8 Å². The molecule has 1 heterocycles. The predicted molar refractivity (Wildman–Crippen MR) is 80.8 cm³/mol. The molecule has 0 aliphatic carbocycles. The minimum absolute atomic E-state index is 0.193. The summed E-state index contributed by atoms with van der Waals surface area (Å²) in [5.41, 5.74) is 1.47. The fourth-order valence-corrected chi connectivity index (χ4v) is 2.49. The van der Waals surface area contributed by atoms with Gasteiger partial charge in [-0.2, -0.15) is 0 Å². The summed E-state index contributed by atoms with van der Waals surface area (Å²) in [5.74, 6) is -0.991. The minimum Gasteiger partial charge on any atom is -0.478 e. The molecule has 0 atom stereocenters. The summed E-state index contributed by atoms with van der Waals surface area (Å²) in [4.78, 5) is 27.7. The van der Waals surface area contributed by atoms with Gasteiger partial charge < -0.3 is 15.7 Å². The number of aromatic carboxylic acids is 1. The van der Waals surface area contributed by atoms with E-state index in [0.29, 0.717) is 17.8 Å². The molecule has 2 aromatic rings. The van der Waals surface area contributed by atoms with E-state index in [-0.39, 0.29) is 11.6 Å². The number of carbonyl (C=O) groups is 2. The molecule has 21 heavy (non-hydrogen) atoms. The largest absolute Gasteiger partial charge is 0.478 e. The Kier molecular flexibility index (Phi) is 4.54. The number of nitrogens with zero attached hydrogens (tertiary/aromatic N) is 1. The monoisotopic (exact) mass is 305 g/mol. The zero-order valence-corrected chi connectivity index (χ0v) is 12.5. The van der Waals surface area contributed by atoms with E-state index < -0.39 is 5.97 Å². The van der Waals surface area contributed by atoms with Crippen molar-refractivity contribution in [3.05, 3.63) is 45.4 Å². The second-order valence-corrected chi connectivity index (χ2v) is 5.81. The highest BCUT2D eigenvalue weighted by Gasteiger charge is 2.08. The third-order valence-electron chi connectivity index (χ3n) is 2.81. The molecular formula is C14H15N3O3S. The van der Waals surface area contributed by atoms with Gasteiger partial charge in [0.05, 0.1) is 17.1 Å². The highest BCUT2D eigenvalue weighted by atomic mass is 32.1. The van der Waals surface area contributed by atoms with Crippen LogP contribution in [0.1, 0.15) is 25.8 Å². The number of carbonyl (C=O) groups excluding carboxylic acids is 1. The first-order chi connectivity index (χ1) is 9.95. The minimum atomic E-state index is -0.991. The molecule has 1 aromatic carbocycles. The van der Waals surface area contributed by atoms with E-state index in [4.69, 9.17) is 5.11 Å². The molecule has 7 heteroatoms. The zero-order chi connectivity index (χ0) is 15.4.